The molecule has 0 saturated carbocycles. The number of nitrogens with zero attached hydrogens (tertiary/aromatic N) is 4. The molecule has 1 aromatic carbocycles. The van der Waals surface area contributed by atoms with Crippen LogP contribution in [0.4, 0.5) is 0 Å². The molecule has 162 valence electrons. The maximum Gasteiger partial charge on any atom is 0.263 e. The molecule has 1 aliphatic rings. The Morgan fingerprint density at radius 1 is 0.875 bits per heavy atom. The third-order valence-electron chi connectivity index (χ3n) is 5.77. The van der Waals surface area contributed by atoms with Gasteiger partial charge in [0.05, 0.1) is 0 Å². The van der Waals surface area contributed by atoms with Crippen molar-refractivity contribution in [3.05, 3.63) is 108 Å². The van der Waals surface area contributed by atoms with E-state index < -0.39 is 11.1 Å². The third-order valence-corrected chi connectivity index (χ3v) is 5.77. The number of hydrogen-bond acceptors (Lipinski definition) is 5. The summed E-state index contributed by atoms with van der Waals surface area (Å²) in [7, 11) is 1.86. The Balaban J connectivity index is 1.97. The molecule has 4 rings (SSSR count). The minimum Gasteiger partial charge on any atom is -0.339 e. The first kappa shape index (κ1) is 21.4. The van der Waals surface area contributed by atoms with E-state index in [0.29, 0.717) is 11.4 Å². The Morgan fingerprint density at radius 2 is 1.38 bits per heavy atom. The van der Waals surface area contributed by atoms with E-state index in [9.17, 15) is 9.59 Å². The molecule has 2 aromatic heterocycles. The molecule has 1 saturated heterocycles. The first-order valence-corrected chi connectivity index (χ1v) is 10.5. The minimum absolute atomic E-state index is 0.128. The van der Waals surface area contributed by atoms with E-state index in [1.165, 1.54) is 0 Å². The van der Waals surface area contributed by atoms with E-state index >= 15 is 0 Å². The van der Waals surface area contributed by atoms with Gasteiger partial charge in [-0.3, -0.25) is 24.5 Å². The van der Waals surface area contributed by atoms with Crippen LogP contribution in [0.15, 0.2) is 91.3 Å². The standard InChI is InChI=1S/C26H26N4O2/c1-25(2,3)30-23(18-22(31)19-8-6-5-7-9-19)29(4)26(24(30)32,20-10-14-27-15-11-20)21-12-16-28-17-13-21/h5-18H,1-4H3. The molecule has 0 radical (unpaired) electrons. The van der Waals surface area contributed by atoms with Crippen molar-refractivity contribution in [2.24, 2.45) is 0 Å². The van der Waals surface area contributed by atoms with E-state index in [0.717, 1.165) is 11.1 Å². The van der Waals surface area contributed by atoms with Gasteiger partial charge in [-0.2, -0.15) is 0 Å². The number of likely N-dealkylation sites (N-methyl/N-ethyl adjacent to an activating group) is 1. The summed E-state index contributed by atoms with van der Waals surface area (Å²) in [6.45, 7) is 5.90. The van der Waals surface area contributed by atoms with Crippen molar-refractivity contribution in [1.29, 1.82) is 0 Å². The predicted molar refractivity (Wildman–Crippen MR) is 122 cm³/mol. The topological polar surface area (TPSA) is 66.4 Å². The minimum atomic E-state index is -1.15. The van der Waals surface area contributed by atoms with Gasteiger partial charge in [0, 0.05) is 49.0 Å². The van der Waals surface area contributed by atoms with E-state index in [2.05, 4.69) is 9.97 Å². The number of rotatable bonds is 4. The number of pyridine rings is 2. The number of carbonyl (C=O) groups is 2. The molecule has 0 aliphatic carbocycles. The Labute approximate surface area is 188 Å². The maximum absolute atomic E-state index is 14.3. The quantitative estimate of drug-likeness (QED) is 0.466. The average Bonchev–Trinajstić information content (AvgIpc) is 3.02. The molecule has 6 heteroatoms. The SMILES string of the molecule is CN1C(=CC(=O)c2ccccc2)N(C(C)(C)C)C(=O)C1(c1ccncc1)c1ccncc1. The maximum atomic E-state index is 14.3. The molecule has 0 N–H and O–H groups in total. The highest BCUT2D eigenvalue weighted by Crippen LogP contribution is 2.47. The van der Waals surface area contributed by atoms with Crippen LogP contribution in [-0.4, -0.2) is 44.0 Å². The molecule has 3 heterocycles. The molecule has 1 amide bonds. The molecule has 3 aromatic rings. The lowest BCUT2D eigenvalue weighted by atomic mass is 9.82. The summed E-state index contributed by atoms with van der Waals surface area (Å²) in [6, 6.07) is 16.5. The second-order valence-corrected chi connectivity index (χ2v) is 8.79. The first-order valence-electron chi connectivity index (χ1n) is 10.5. The number of aromatic nitrogens is 2. The molecule has 0 bridgehead atoms. The molecule has 32 heavy (non-hydrogen) atoms. The van der Waals surface area contributed by atoms with Gasteiger partial charge in [0.25, 0.3) is 5.91 Å². The highest BCUT2D eigenvalue weighted by atomic mass is 16.2. The van der Waals surface area contributed by atoms with Crippen LogP contribution in [0.2, 0.25) is 0 Å². The second-order valence-electron chi connectivity index (χ2n) is 8.79. The lowest BCUT2D eigenvalue weighted by Gasteiger charge is -2.35. The van der Waals surface area contributed by atoms with Gasteiger partial charge in [-0.15, -0.1) is 0 Å². The number of benzene rings is 1. The van der Waals surface area contributed by atoms with Gasteiger partial charge < -0.3 is 4.90 Å². The van der Waals surface area contributed by atoms with Gasteiger partial charge in [0.2, 0.25) is 0 Å². The number of amides is 1. The molecule has 1 fully saturated rings. The summed E-state index contributed by atoms with van der Waals surface area (Å²) in [5, 5.41) is 0. The molecule has 1 aliphatic heterocycles. The van der Waals surface area contributed by atoms with Gasteiger partial charge in [-0.1, -0.05) is 30.3 Å². The van der Waals surface area contributed by atoms with Crippen molar-refractivity contribution >= 4 is 11.7 Å². The largest absolute Gasteiger partial charge is 0.339 e. The van der Waals surface area contributed by atoms with Gasteiger partial charge >= 0.3 is 0 Å². The van der Waals surface area contributed by atoms with E-state index in [1.807, 2.05) is 75.2 Å². The highest BCUT2D eigenvalue weighted by molar-refractivity contribution is 6.06. The Morgan fingerprint density at radius 3 is 1.84 bits per heavy atom. The van der Waals surface area contributed by atoms with Crippen LogP contribution in [0.5, 0.6) is 0 Å². The fourth-order valence-corrected chi connectivity index (χ4v) is 4.33. The predicted octanol–water partition coefficient (Wildman–Crippen LogP) is 4.02. The lowest BCUT2D eigenvalue weighted by Crippen LogP contribution is -2.48. The monoisotopic (exact) mass is 426 g/mol. The Kier molecular flexibility index (Phi) is 5.38. The molecule has 0 atom stereocenters. The zero-order chi connectivity index (χ0) is 22.9. The summed E-state index contributed by atoms with van der Waals surface area (Å²) in [6.07, 6.45) is 8.27. The van der Waals surface area contributed by atoms with Crippen LogP contribution < -0.4 is 0 Å². The summed E-state index contributed by atoms with van der Waals surface area (Å²) in [5.74, 6) is 0.261. The summed E-state index contributed by atoms with van der Waals surface area (Å²) >= 11 is 0. The molecule has 0 spiro atoms. The number of ketones is 1. The van der Waals surface area contributed by atoms with Crippen LogP contribution >= 0.6 is 0 Å². The van der Waals surface area contributed by atoms with Crippen molar-refractivity contribution in [1.82, 2.24) is 19.8 Å². The third kappa shape index (κ3) is 3.38. The zero-order valence-electron chi connectivity index (χ0n) is 18.7. The number of allylic oxidation sites excluding steroid dienone is 1. The van der Waals surface area contributed by atoms with Crippen LogP contribution in [-0.2, 0) is 10.3 Å². The summed E-state index contributed by atoms with van der Waals surface area (Å²) in [4.78, 5) is 39.3. The van der Waals surface area contributed by atoms with Crippen LogP contribution in [0.3, 0.4) is 0 Å². The fraction of sp³-hybridized carbons (Fsp3) is 0.231. The Bertz CT molecular complexity index is 1110. The highest BCUT2D eigenvalue weighted by Gasteiger charge is 2.58. The molecule has 6 nitrogen and oxygen atoms in total. The van der Waals surface area contributed by atoms with Gasteiger partial charge in [0.1, 0.15) is 5.82 Å². The van der Waals surface area contributed by atoms with Crippen molar-refractivity contribution in [2.75, 3.05) is 7.05 Å². The Hall–Kier alpha value is -3.80. The van der Waals surface area contributed by atoms with E-state index in [1.54, 1.807) is 47.9 Å². The molecular weight excluding hydrogens is 400 g/mol. The van der Waals surface area contributed by atoms with Crippen molar-refractivity contribution < 1.29 is 9.59 Å². The van der Waals surface area contributed by atoms with Crippen LogP contribution in [0.1, 0.15) is 42.3 Å². The average molecular weight is 427 g/mol. The number of carbonyl (C=O) groups excluding carboxylic acids is 2. The van der Waals surface area contributed by atoms with Crippen LogP contribution in [0, 0.1) is 0 Å². The number of hydrogen-bond donors (Lipinski definition) is 0. The van der Waals surface area contributed by atoms with Crippen molar-refractivity contribution in [3.63, 3.8) is 0 Å². The van der Waals surface area contributed by atoms with Crippen molar-refractivity contribution in [2.45, 2.75) is 31.8 Å². The van der Waals surface area contributed by atoms with Crippen LogP contribution in [0.25, 0.3) is 0 Å². The van der Waals surface area contributed by atoms with Gasteiger partial charge in [-0.05, 0) is 56.2 Å². The lowest BCUT2D eigenvalue weighted by molar-refractivity contribution is -0.135. The van der Waals surface area contributed by atoms with E-state index in [-0.39, 0.29) is 11.7 Å². The molecule has 0 unspecified atom stereocenters. The normalized spacial score (nSPS) is 17.1. The summed E-state index contributed by atoms with van der Waals surface area (Å²) < 4.78 is 0. The van der Waals surface area contributed by atoms with Gasteiger partial charge in [0.15, 0.2) is 11.3 Å². The van der Waals surface area contributed by atoms with Gasteiger partial charge in [-0.25, -0.2) is 0 Å². The first-order chi connectivity index (χ1) is 15.3. The summed E-state index contributed by atoms with van der Waals surface area (Å²) in [5.41, 5.74) is 0.407. The molecular formula is C26H26N4O2. The smallest absolute Gasteiger partial charge is 0.263 e. The van der Waals surface area contributed by atoms with E-state index in [4.69, 9.17) is 0 Å². The van der Waals surface area contributed by atoms with Crippen molar-refractivity contribution in [3.8, 4) is 0 Å². The zero-order valence-corrected chi connectivity index (χ0v) is 18.7. The fourth-order valence-electron chi connectivity index (χ4n) is 4.33. The second kappa shape index (κ2) is 8.04.